The monoisotopic (exact) mass is 307 g/mol. The summed E-state index contributed by atoms with van der Waals surface area (Å²) in [6.45, 7) is 6.43. The smallest absolute Gasteiger partial charge is 0.314 e. The van der Waals surface area contributed by atoms with Crippen LogP contribution in [0.1, 0.15) is 39.2 Å². The Balaban J connectivity index is 2.03. The Kier molecular flexibility index (Phi) is 7.60. The molecule has 0 fully saturated rings. The number of hydrogen-bond donors (Lipinski definition) is 1. The van der Waals surface area contributed by atoms with Crippen molar-refractivity contribution in [1.29, 1.82) is 0 Å². The number of carbonyl (C=O) groups excluding carboxylic acids is 2. The Bertz CT molecular complexity index is 465. The number of carbonyl (C=O) groups is 2. The summed E-state index contributed by atoms with van der Waals surface area (Å²) in [5.74, 6) is -0.743. The summed E-state index contributed by atoms with van der Waals surface area (Å²) in [7, 11) is 0. The van der Waals surface area contributed by atoms with Gasteiger partial charge in [0.15, 0.2) is 0 Å². The van der Waals surface area contributed by atoms with E-state index in [1.54, 1.807) is 20.8 Å². The summed E-state index contributed by atoms with van der Waals surface area (Å²) >= 11 is 0. The van der Waals surface area contributed by atoms with Crippen molar-refractivity contribution in [3.05, 3.63) is 35.9 Å². The van der Waals surface area contributed by atoms with Crippen molar-refractivity contribution in [2.24, 2.45) is 5.41 Å². The predicted molar refractivity (Wildman–Crippen MR) is 83.9 cm³/mol. The Morgan fingerprint density at radius 3 is 2.41 bits per heavy atom. The minimum Gasteiger partial charge on any atom is -0.428 e. The van der Waals surface area contributed by atoms with E-state index in [-0.39, 0.29) is 18.7 Å². The van der Waals surface area contributed by atoms with Crippen LogP contribution in [-0.2, 0) is 25.6 Å². The predicted octanol–water partition coefficient (Wildman–Crippen LogP) is 2.65. The molecule has 5 nitrogen and oxygen atoms in total. The van der Waals surface area contributed by atoms with Gasteiger partial charge in [-0.3, -0.25) is 9.59 Å². The van der Waals surface area contributed by atoms with E-state index in [0.717, 1.165) is 13.1 Å². The average molecular weight is 307 g/mol. The first-order valence-corrected chi connectivity index (χ1v) is 7.47. The Labute approximate surface area is 132 Å². The fourth-order valence-electron chi connectivity index (χ4n) is 1.62. The zero-order valence-electron chi connectivity index (χ0n) is 13.6. The van der Waals surface area contributed by atoms with Crippen molar-refractivity contribution < 1.29 is 19.1 Å². The lowest BCUT2D eigenvalue weighted by Crippen LogP contribution is -2.25. The molecule has 0 saturated heterocycles. The van der Waals surface area contributed by atoms with E-state index in [1.807, 2.05) is 30.3 Å². The third-order valence-corrected chi connectivity index (χ3v) is 2.93. The molecule has 0 spiro atoms. The van der Waals surface area contributed by atoms with Gasteiger partial charge in [0.25, 0.3) is 0 Å². The molecule has 1 aromatic carbocycles. The molecular formula is C17H25NO4. The molecule has 0 bridgehead atoms. The van der Waals surface area contributed by atoms with Gasteiger partial charge in [0.05, 0.1) is 5.41 Å². The average Bonchev–Trinajstić information content (AvgIpc) is 2.47. The van der Waals surface area contributed by atoms with Crippen LogP contribution in [-0.4, -0.2) is 25.3 Å². The van der Waals surface area contributed by atoms with Gasteiger partial charge in [-0.05, 0) is 39.3 Å². The van der Waals surface area contributed by atoms with E-state index in [9.17, 15) is 9.59 Å². The van der Waals surface area contributed by atoms with Gasteiger partial charge < -0.3 is 14.8 Å². The highest BCUT2D eigenvalue weighted by Gasteiger charge is 2.23. The van der Waals surface area contributed by atoms with E-state index in [2.05, 4.69) is 5.32 Å². The van der Waals surface area contributed by atoms with Gasteiger partial charge in [0, 0.05) is 13.0 Å². The fraction of sp³-hybridized carbons (Fsp3) is 0.529. The highest BCUT2D eigenvalue weighted by atomic mass is 16.7. The van der Waals surface area contributed by atoms with Gasteiger partial charge in [-0.15, -0.1) is 0 Å². The number of nitrogens with one attached hydrogen (secondary N) is 1. The Hall–Kier alpha value is -1.88. The van der Waals surface area contributed by atoms with Crippen LogP contribution in [0.25, 0.3) is 0 Å². The number of ether oxygens (including phenoxy) is 2. The summed E-state index contributed by atoms with van der Waals surface area (Å²) in [5.41, 5.74) is 0.618. The molecule has 122 valence electrons. The molecule has 1 rings (SSSR count). The van der Waals surface area contributed by atoms with E-state index in [0.29, 0.717) is 12.8 Å². The molecule has 0 atom stereocenters. The van der Waals surface area contributed by atoms with Crippen molar-refractivity contribution in [1.82, 2.24) is 5.32 Å². The second-order valence-corrected chi connectivity index (χ2v) is 6.08. The summed E-state index contributed by atoms with van der Waals surface area (Å²) in [4.78, 5) is 22.9. The van der Waals surface area contributed by atoms with Crippen molar-refractivity contribution >= 4 is 11.9 Å². The summed E-state index contributed by atoms with van der Waals surface area (Å²) in [6.07, 6.45) is 0.980. The summed E-state index contributed by atoms with van der Waals surface area (Å²) in [5, 5.41) is 3.26. The lowest BCUT2D eigenvalue weighted by atomic mass is 9.98. The molecule has 0 aromatic heterocycles. The molecule has 0 aliphatic carbocycles. The van der Waals surface area contributed by atoms with Crippen LogP contribution in [0.4, 0.5) is 0 Å². The van der Waals surface area contributed by atoms with Crippen molar-refractivity contribution in [3.63, 3.8) is 0 Å². The number of rotatable bonds is 8. The van der Waals surface area contributed by atoms with Crippen LogP contribution in [0.3, 0.4) is 0 Å². The first-order valence-electron chi connectivity index (χ1n) is 7.47. The molecule has 1 N–H and O–H groups in total. The molecule has 0 aliphatic rings. The first-order chi connectivity index (χ1) is 10.4. The van der Waals surface area contributed by atoms with E-state index < -0.39 is 5.41 Å². The largest absolute Gasteiger partial charge is 0.428 e. The second-order valence-electron chi connectivity index (χ2n) is 6.08. The zero-order chi connectivity index (χ0) is 16.4. The van der Waals surface area contributed by atoms with Crippen LogP contribution in [0.15, 0.2) is 30.3 Å². The fourth-order valence-corrected chi connectivity index (χ4v) is 1.62. The lowest BCUT2D eigenvalue weighted by Gasteiger charge is -2.16. The minimum absolute atomic E-state index is 0.300. The summed E-state index contributed by atoms with van der Waals surface area (Å²) < 4.78 is 9.73. The normalized spacial score (nSPS) is 11.0. The van der Waals surface area contributed by atoms with Gasteiger partial charge in [-0.25, -0.2) is 0 Å². The van der Waals surface area contributed by atoms with Gasteiger partial charge in [0.2, 0.25) is 6.79 Å². The van der Waals surface area contributed by atoms with Crippen LogP contribution >= 0.6 is 0 Å². The third kappa shape index (κ3) is 7.78. The molecule has 0 aliphatic heterocycles. The third-order valence-electron chi connectivity index (χ3n) is 2.93. The highest BCUT2D eigenvalue weighted by molar-refractivity contribution is 5.75. The van der Waals surface area contributed by atoms with E-state index >= 15 is 0 Å². The quantitative estimate of drug-likeness (QED) is 0.454. The highest BCUT2D eigenvalue weighted by Crippen LogP contribution is 2.14. The lowest BCUT2D eigenvalue weighted by molar-refractivity contribution is -0.173. The molecule has 0 saturated carbocycles. The molecule has 1 aromatic rings. The van der Waals surface area contributed by atoms with Crippen LogP contribution in [0.5, 0.6) is 0 Å². The van der Waals surface area contributed by atoms with Crippen LogP contribution in [0, 0.1) is 5.41 Å². The Morgan fingerprint density at radius 1 is 1.09 bits per heavy atom. The van der Waals surface area contributed by atoms with Gasteiger partial charge in [-0.1, -0.05) is 30.3 Å². The zero-order valence-corrected chi connectivity index (χ0v) is 13.6. The number of esters is 2. The second kappa shape index (κ2) is 9.20. The molecule has 5 heteroatoms. The maximum atomic E-state index is 11.5. The van der Waals surface area contributed by atoms with Gasteiger partial charge in [-0.2, -0.15) is 0 Å². The standard InChI is InChI=1S/C17H25NO4/c1-17(2,3)16(20)22-13-21-15(19)10-7-11-18-12-14-8-5-4-6-9-14/h4-6,8-9,18H,7,10-13H2,1-3H3. The first kappa shape index (κ1) is 18.2. The maximum Gasteiger partial charge on any atom is 0.314 e. The minimum atomic E-state index is -0.590. The maximum absolute atomic E-state index is 11.5. The van der Waals surface area contributed by atoms with E-state index in [1.165, 1.54) is 5.56 Å². The van der Waals surface area contributed by atoms with Crippen LogP contribution in [0.2, 0.25) is 0 Å². The summed E-state index contributed by atoms with van der Waals surface area (Å²) in [6, 6.07) is 10.1. The SMILES string of the molecule is CC(C)(C)C(=O)OCOC(=O)CCCNCc1ccccc1. The van der Waals surface area contributed by atoms with Gasteiger partial charge >= 0.3 is 11.9 Å². The number of hydrogen-bond acceptors (Lipinski definition) is 5. The topological polar surface area (TPSA) is 64.6 Å². The molecule has 0 heterocycles. The van der Waals surface area contributed by atoms with Gasteiger partial charge in [0.1, 0.15) is 0 Å². The van der Waals surface area contributed by atoms with E-state index in [4.69, 9.17) is 9.47 Å². The molecule has 0 radical (unpaired) electrons. The molecule has 0 amide bonds. The van der Waals surface area contributed by atoms with Crippen molar-refractivity contribution in [2.75, 3.05) is 13.3 Å². The number of benzene rings is 1. The van der Waals surface area contributed by atoms with Crippen molar-refractivity contribution in [3.8, 4) is 0 Å². The molecular weight excluding hydrogens is 282 g/mol. The van der Waals surface area contributed by atoms with Crippen molar-refractivity contribution in [2.45, 2.75) is 40.2 Å². The Morgan fingerprint density at radius 2 is 1.77 bits per heavy atom. The van der Waals surface area contributed by atoms with Crippen LogP contribution < -0.4 is 5.32 Å². The molecule has 22 heavy (non-hydrogen) atoms. The molecule has 0 unspecified atom stereocenters.